The van der Waals surface area contributed by atoms with Gasteiger partial charge in [-0.25, -0.2) is 22.0 Å². The molecule has 21 heteroatoms. The normalized spacial score (nSPS) is 22.4. The number of carbonyl (C=O) groups excluding carboxylic acids is 6. The van der Waals surface area contributed by atoms with Crippen LogP contribution in [0.3, 0.4) is 0 Å². The Hall–Kier alpha value is -5.54. The van der Waals surface area contributed by atoms with Crippen molar-refractivity contribution < 1.29 is 47.0 Å². The number of aliphatic hydroxyl groups is 1. The Bertz CT molecular complexity index is 2720. The molecule has 4 saturated carbocycles. The van der Waals surface area contributed by atoms with Crippen molar-refractivity contribution in [1.29, 1.82) is 0 Å². The van der Waals surface area contributed by atoms with Crippen LogP contribution in [-0.4, -0.2) is 140 Å². The molecule has 19 nitrogen and oxygen atoms in total. The number of aromatic nitrogens is 1. The first kappa shape index (κ1) is 64.5. The van der Waals surface area contributed by atoms with Gasteiger partial charge in [0.2, 0.25) is 23.6 Å². The number of fused-ring (bicyclic) bond motifs is 2. The number of carbonyl (C=O) groups is 6. The first-order valence-corrected chi connectivity index (χ1v) is 34.2. The molecule has 3 heterocycles. The molecule has 84 heavy (non-hydrogen) atoms. The highest BCUT2D eigenvalue weighted by molar-refractivity contribution is 8.00. The van der Waals surface area contributed by atoms with Gasteiger partial charge in [0.05, 0.1) is 29.0 Å². The number of hydrogen-bond donors (Lipinski definition) is 8. The minimum absolute atomic E-state index is 0.0162. The summed E-state index contributed by atoms with van der Waals surface area (Å²) in [5.74, 6) is 3.89. The lowest BCUT2D eigenvalue weighted by molar-refractivity contribution is -0.146. The summed E-state index contributed by atoms with van der Waals surface area (Å²) in [7, 11) is -3.87. The predicted molar refractivity (Wildman–Crippen MR) is 328 cm³/mol. The predicted octanol–water partition coefficient (Wildman–Crippen LogP) is 8.20. The third-order valence-electron chi connectivity index (χ3n) is 17.9. The van der Waals surface area contributed by atoms with E-state index in [0.717, 1.165) is 145 Å². The summed E-state index contributed by atoms with van der Waals surface area (Å²) in [6.45, 7) is 5.02. The summed E-state index contributed by atoms with van der Waals surface area (Å²) >= 11 is 1.89. The van der Waals surface area contributed by atoms with E-state index in [2.05, 4.69) is 37.2 Å². The van der Waals surface area contributed by atoms with Crippen LogP contribution in [0, 0.1) is 30.1 Å². The number of thioether (sulfide) groups is 1. The van der Waals surface area contributed by atoms with E-state index >= 15 is 0 Å². The first-order valence-electron chi connectivity index (χ1n) is 31.7. The molecular weight excluding hydrogens is 1110 g/mol. The third kappa shape index (κ3) is 19.0. The van der Waals surface area contributed by atoms with Gasteiger partial charge in [0.15, 0.2) is 0 Å². The second kappa shape index (κ2) is 32.3. The van der Waals surface area contributed by atoms with Gasteiger partial charge < -0.3 is 52.0 Å². The van der Waals surface area contributed by atoms with E-state index < -0.39 is 16.1 Å². The monoisotopic (exact) mass is 1200 g/mol. The maximum Gasteiger partial charge on any atom is 0.317 e. The zero-order chi connectivity index (χ0) is 59.3. The number of unbranched alkanes of at least 4 members (excludes halogenated alkanes) is 10. The second-order valence-corrected chi connectivity index (χ2v) is 27.8. The van der Waals surface area contributed by atoms with E-state index in [-0.39, 0.29) is 71.2 Å². The molecule has 1 aromatic heterocycles. The number of urea groups is 2. The molecule has 2 aromatic carbocycles. The molecule has 8 amide bonds. The zero-order valence-electron chi connectivity index (χ0n) is 49.6. The number of hydrogen-bond acceptors (Lipinski definition) is 11. The van der Waals surface area contributed by atoms with Gasteiger partial charge in [-0.05, 0) is 164 Å². The number of rotatable bonds is 38. The van der Waals surface area contributed by atoms with Crippen molar-refractivity contribution in [3.8, 4) is 5.75 Å². The Labute approximate surface area is 502 Å². The fourth-order valence-corrected chi connectivity index (χ4v) is 16.6. The summed E-state index contributed by atoms with van der Waals surface area (Å²) in [5, 5.41) is 33.6. The van der Waals surface area contributed by atoms with Gasteiger partial charge in [0.25, 0.3) is 10.0 Å². The average molecular weight is 1200 g/mol. The van der Waals surface area contributed by atoms with Crippen molar-refractivity contribution in [2.45, 2.75) is 196 Å². The van der Waals surface area contributed by atoms with E-state index in [1.807, 2.05) is 18.7 Å². The quantitative estimate of drug-likeness (QED) is 0.0200. The standard InChI is InChI=1S/C63H95N9O10S2/c1-45-24-26-50(27-25-45)84(80,81)72-35-28-51-53(72)18-17-19-54(51)82-43-49(73)42-71(62(79)68-33-12-3-2-11-32-67-60(77)63-39-46-36-47(40-63)38-48(37-46)41-63)34-16-6-15-31-66-57(75)22-8-4-13-29-64-56(74)21-7-5-14-30-65-58(76)23-10-9-20-55-59-52(44-83-55)69-61(78)70-59/h17-19,24-28,35,46-49,52,55,59,73H,2-16,20-23,29-34,36-44H2,1H3,(H,64,74)(H,65,76)(H,66,75)(H,67,77)(H,68,79)(H2,69,70,78)/t46?,47?,48?,49?,52-,55-,59-,63?/m0/s1. The molecule has 6 aliphatic rings. The van der Waals surface area contributed by atoms with E-state index in [1.54, 1.807) is 53.4 Å². The highest BCUT2D eigenvalue weighted by Crippen LogP contribution is 2.60. The summed E-state index contributed by atoms with van der Waals surface area (Å²) in [5.41, 5.74) is 1.26. The van der Waals surface area contributed by atoms with Crippen LogP contribution in [-0.2, 0) is 29.2 Å². The molecule has 4 aliphatic carbocycles. The lowest BCUT2D eigenvalue weighted by Crippen LogP contribution is -2.53. The highest BCUT2D eigenvalue weighted by Gasteiger charge is 2.54. The lowest BCUT2D eigenvalue weighted by Gasteiger charge is -2.55. The Balaban J connectivity index is 0.667. The van der Waals surface area contributed by atoms with Crippen LogP contribution in [0.5, 0.6) is 5.75 Å². The summed E-state index contributed by atoms with van der Waals surface area (Å²) in [6, 6.07) is 13.6. The number of ether oxygens (including phenoxy) is 1. The highest BCUT2D eigenvalue weighted by atomic mass is 32.2. The fraction of sp³-hybridized carbons (Fsp3) is 0.683. The second-order valence-electron chi connectivity index (χ2n) is 24.7. The molecule has 4 bridgehead atoms. The van der Waals surface area contributed by atoms with Crippen LogP contribution in [0.2, 0.25) is 0 Å². The Morgan fingerprint density at radius 1 is 0.690 bits per heavy atom. The van der Waals surface area contributed by atoms with Crippen molar-refractivity contribution >= 4 is 68.4 Å². The maximum absolute atomic E-state index is 13.7. The summed E-state index contributed by atoms with van der Waals surface area (Å²) < 4.78 is 34.5. The van der Waals surface area contributed by atoms with Crippen molar-refractivity contribution in [1.82, 2.24) is 46.1 Å². The van der Waals surface area contributed by atoms with Crippen molar-refractivity contribution in [2.75, 3.05) is 58.2 Å². The molecule has 3 aromatic rings. The van der Waals surface area contributed by atoms with Crippen LogP contribution in [0.15, 0.2) is 59.6 Å². The molecule has 1 unspecified atom stereocenters. The van der Waals surface area contributed by atoms with Gasteiger partial charge in [0.1, 0.15) is 18.5 Å². The topological polar surface area (TPSA) is 258 Å². The molecular formula is C63H95N9O10S2. The molecule has 4 atom stereocenters. The number of nitrogens with zero attached hydrogens (tertiary/aromatic N) is 2. The SMILES string of the molecule is Cc1ccc(S(=O)(=O)n2ccc3c(OCC(O)CN(CCCCCNC(=O)CCCCCNC(=O)CCCCCNC(=O)CCCC[C@@H]4SC[C@@H]5NC(=O)N[C@@H]54)C(=O)NCCCCCCNC(=O)C45CC6CC(CC(C6)C4)C5)cccc32)cc1. The molecule has 9 rings (SSSR count). The minimum atomic E-state index is -3.87. The first-order chi connectivity index (χ1) is 40.7. The number of aliphatic hydroxyl groups excluding tert-OH is 1. The van der Waals surface area contributed by atoms with Crippen LogP contribution in [0.4, 0.5) is 9.59 Å². The number of nitrogens with one attached hydrogen (secondary N) is 7. The van der Waals surface area contributed by atoms with E-state index in [0.29, 0.717) is 86.9 Å². The third-order valence-corrected chi connectivity index (χ3v) is 21.1. The Kier molecular flexibility index (Phi) is 24.8. The van der Waals surface area contributed by atoms with Gasteiger partial charge in [-0.2, -0.15) is 11.8 Å². The Morgan fingerprint density at radius 3 is 1.85 bits per heavy atom. The van der Waals surface area contributed by atoms with Crippen LogP contribution in [0.1, 0.15) is 166 Å². The largest absolute Gasteiger partial charge is 0.490 e. The maximum atomic E-state index is 13.7. The van der Waals surface area contributed by atoms with Gasteiger partial charge in [-0.3, -0.25) is 19.2 Å². The Morgan fingerprint density at radius 2 is 1.24 bits per heavy atom. The molecule has 2 aliphatic heterocycles. The lowest BCUT2D eigenvalue weighted by atomic mass is 9.49. The average Bonchev–Trinajstić information content (AvgIpc) is 1.26. The number of amides is 8. The van der Waals surface area contributed by atoms with Gasteiger partial charge >= 0.3 is 12.1 Å². The fourth-order valence-electron chi connectivity index (χ4n) is 13.7. The summed E-state index contributed by atoms with van der Waals surface area (Å²) in [6.07, 6.45) is 22.2. The van der Waals surface area contributed by atoms with Crippen LogP contribution in [0.25, 0.3) is 10.9 Å². The number of aryl methyl sites for hydroxylation is 1. The minimum Gasteiger partial charge on any atom is -0.490 e. The molecule has 0 spiro atoms. The molecule has 2 saturated heterocycles. The van der Waals surface area contributed by atoms with E-state index in [4.69, 9.17) is 4.74 Å². The smallest absolute Gasteiger partial charge is 0.317 e. The molecule has 464 valence electrons. The van der Waals surface area contributed by atoms with Crippen molar-refractivity contribution in [2.24, 2.45) is 23.2 Å². The van der Waals surface area contributed by atoms with Gasteiger partial charge in [-0.1, -0.05) is 55.9 Å². The van der Waals surface area contributed by atoms with Crippen LogP contribution < -0.4 is 42.0 Å². The van der Waals surface area contributed by atoms with Gasteiger partial charge in [-0.15, -0.1) is 0 Å². The van der Waals surface area contributed by atoms with E-state index in [1.165, 1.54) is 29.4 Å². The van der Waals surface area contributed by atoms with Crippen molar-refractivity contribution in [3.63, 3.8) is 0 Å². The molecule has 0 radical (unpaired) electrons. The van der Waals surface area contributed by atoms with Gasteiger partial charge in [0, 0.05) is 86.5 Å². The van der Waals surface area contributed by atoms with Crippen LogP contribution >= 0.6 is 11.8 Å². The molecule has 8 N–H and O–H groups in total. The zero-order valence-corrected chi connectivity index (χ0v) is 51.2. The summed E-state index contributed by atoms with van der Waals surface area (Å²) in [4.78, 5) is 77.7. The molecule has 6 fully saturated rings. The van der Waals surface area contributed by atoms with E-state index in [9.17, 15) is 42.3 Å². The number of benzene rings is 2. The van der Waals surface area contributed by atoms with Crippen molar-refractivity contribution in [3.05, 3.63) is 60.3 Å².